The molecule has 10 heteroatoms. The van der Waals surface area contributed by atoms with Crippen molar-refractivity contribution in [1.29, 1.82) is 0 Å². The molecule has 224 valence electrons. The predicted molar refractivity (Wildman–Crippen MR) is 156 cm³/mol. The first-order valence-electron chi connectivity index (χ1n) is 14.4. The highest BCUT2D eigenvalue weighted by Gasteiger charge is 2.49. The summed E-state index contributed by atoms with van der Waals surface area (Å²) in [6, 6.07) is 10.9. The van der Waals surface area contributed by atoms with Crippen molar-refractivity contribution in [3.63, 3.8) is 0 Å². The van der Waals surface area contributed by atoms with E-state index < -0.39 is 28.1 Å². The third-order valence-corrected chi connectivity index (χ3v) is 9.15. The number of nitrogens with zero attached hydrogens (tertiary/aromatic N) is 4. The highest BCUT2D eigenvalue weighted by atomic mass is 35.5. The molecule has 0 unspecified atom stereocenters. The van der Waals surface area contributed by atoms with Crippen LogP contribution in [0.3, 0.4) is 0 Å². The zero-order valence-corrected chi connectivity index (χ0v) is 25.0. The largest absolute Gasteiger partial charge is 0.390 e. The average Bonchev–Trinajstić information content (AvgIpc) is 3.37. The number of rotatable bonds is 10. The van der Waals surface area contributed by atoms with E-state index in [1.54, 1.807) is 6.07 Å². The summed E-state index contributed by atoms with van der Waals surface area (Å²) in [6.07, 6.45) is 5.15. The molecule has 42 heavy (non-hydrogen) atoms. The van der Waals surface area contributed by atoms with Crippen molar-refractivity contribution in [2.45, 2.75) is 82.8 Å². The van der Waals surface area contributed by atoms with Gasteiger partial charge in [-0.1, -0.05) is 42.8 Å². The van der Waals surface area contributed by atoms with E-state index in [0.29, 0.717) is 30.6 Å². The number of carbonyl (C=O) groups excluding carboxylic acids is 2. The summed E-state index contributed by atoms with van der Waals surface area (Å²) < 4.78 is 28.8. The van der Waals surface area contributed by atoms with Crippen LogP contribution in [0.4, 0.5) is 8.78 Å². The number of aliphatic hydroxyl groups is 1. The van der Waals surface area contributed by atoms with Crippen LogP contribution >= 0.6 is 11.6 Å². The molecule has 2 aliphatic rings. The standard InChI is InChI=1S/C32H37ClF2N4O3/c1-30(2,21-5-4-6-22(33)13-21)15-25(40)16-32(19-38(20-32)24-9-11-31(3,42)12-10-24)17-29(41)27-18-39(37-36-27)28-8-7-23(34)14-26(28)35/h4-8,13-14,18,24,42H,9-12,15-17,19-20H2,1-3H3. The third kappa shape index (κ3) is 6.79. The second-order valence-corrected chi connectivity index (χ2v) is 13.6. The molecule has 5 rings (SSSR count). The monoisotopic (exact) mass is 598 g/mol. The summed E-state index contributed by atoms with van der Waals surface area (Å²) in [6.45, 7) is 7.09. The minimum Gasteiger partial charge on any atom is -0.390 e. The molecule has 1 saturated heterocycles. The van der Waals surface area contributed by atoms with Crippen LogP contribution in [0.5, 0.6) is 0 Å². The summed E-state index contributed by atoms with van der Waals surface area (Å²) in [5.41, 5.74) is -0.623. The van der Waals surface area contributed by atoms with E-state index in [4.69, 9.17) is 11.6 Å². The van der Waals surface area contributed by atoms with Crippen LogP contribution in [0.2, 0.25) is 5.02 Å². The van der Waals surface area contributed by atoms with Crippen LogP contribution in [0, 0.1) is 17.0 Å². The van der Waals surface area contributed by atoms with Crippen molar-refractivity contribution < 1.29 is 23.5 Å². The predicted octanol–water partition coefficient (Wildman–Crippen LogP) is 6.09. The van der Waals surface area contributed by atoms with E-state index in [2.05, 4.69) is 15.2 Å². The van der Waals surface area contributed by atoms with Gasteiger partial charge in [-0.25, -0.2) is 13.5 Å². The summed E-state index contributed by atoms with van der Waals surface area (Å²) in [5.74, 6) is -1.74. The molecule has 3 aromatic rings. The Morgan fingerprint density at radius 2 is 1.81 bits per heavy atom. The number of aromatic nitrogens is 3. The summed E-state index contributed by atoms with van der Waals surface area (Å²) >= 11 is 6.21. The first-order valence-corrected chi connectivity index (χ1v) is 14.8. The molecule has 0 amide bonds. The van der Waals surface area contributed by atoms with Gasteiger partial charge in [0, 0.05) is 54.9 Å². The Morgan fingerprint density at radius 1 is 1.10 bits per heavy atom. The molecule has 0 atom stereocenters. The zero-order valence-electron chi connectivity index (χ0n) is 24.2. The minimum atomic E-state index is -0.815. The molecular formula is C32H37ClF2N4O3. The maximum absolute atomic E-state index is 14.3. The summed E-state index contributed by atoms with van der Waals surface area (Å²) in [7, 11) is 0. The van der Waals surface area contributed by atoms with Gasteiger partial charge in [-0.2, -0.15) is 0 Å². The van der Waals surface area contributed by atoms with Crippen molar-refractivity contribution in [1.82, 2.24) is 19.9 Å². The first-order chi connectivity index (χ1) is 19.7. The van der Waals surface area contributed by atoms with Crippen LogP contribution in [0.15, 0.2) is 48.7 Å². The van der Waals surface area contributed by atoms with E-state index in [9.17, 15) is 23.5 Å². The Kier molecular flexibility index (Phi) is 8.40. The maximum Gasteiger partial charge on any atom is 0.185 e. The Morgan fingerprint density at radius 3 is 2.48 bits per heavy atom. The molecular weight excluding hydrogens is 562 g/mol. The molecule has 1 aliphatic carbocycles. The number of halogens is 3. The molecule has 1 aromatic heterocycles. The number of likely N-dealkylation sites (tertiary alicyclic amines) is 1. The van der Waals surface area contributed by atoms with Crippen LogP contribution < -0.4 is 0 Å². The van der Waals surface area contributed by atoms with E-state index in [0.717, 1.165) is 48.1 Å². The highest BCUT2D eigenvalue weighted by molar-refractivity contribution is 6.30. The average molecular weight is 599 g/mol. The SMILES string of the molecule is CC1(O)CCC(N2CC(CC(=O)CC(C)(C)c3cccc(Cl)c3)(CC(=O)c3cn(-c4ccc(F)cc4F)nn3)C2)CC1. The van der Waals surface area contributed by atoms with Crippen LogP contribution in [0.1, 0.15) is 81.8 Å². The zero-order chi connectivity index (χ0) is 30.3. The molecule has 1 aliphatic heterocycles. The van der Waals surface area contributed by atoms with E-state index in [1.807, 2.05) is 39.0 Å². The van der Waals surface area contributed by atoms with Gasteiger partial charge in [0.1, 0.15) is 23.0 Å². The fourth-order valence-corrected chi connectivity index (χ4v) is 6.73. The molecule has 0 bridgehead atoms. The van der Waals surface area contributed by atoms with Crippen molar-refractivity contribution in [3.8, 4) is 5.69 Å². The number of benzene rings is 2. The molecule has 2 heterocycles. The summed E-state index contributed by atoms with van der Waals surface area (Å²) in [5, 5.41) is 18.9. The van der Waals surface area contributed by atoms with Gasteiger partial charge in [0.25, 0.3) is 0 Å². The molecule has 1 saturated carbocycles. The lowest BCUT2D eigenvalue weighted by molar-refractivity contribution is -0.128. The third-order valence-electron chi connectivity index (χ3n) is 8.91. The van der Waals surface area contributed by atoms with Gasteiger partial charge in [0.2, 0.25) is 0 Å². The Labute approximate surface area is 249 Å². The number of ketones is 2. The van der Waals surface area contributed by atoms with Gasteiger partial charge in [-0.15, -0.1) is 5.10 Å². The van der Waals surface area contributed by atoms with Gasteiger partial charge in [0.15, 0.2) is 11.6 Å². The summed E-state index contributed by atoms with van der Waals surface area (Å²) in [4.78, 5) is 29.4. The lowest BCUT2D eigenvalue weighted by atomic mass is 9.68. The number of hydrogen-bond donors (Lipinski definition) is 1. The van der Waals surface area contributed by atoms with Gasteiger partial charge < -0.3 is 5.11 Å². The van der Waals surface area contributed by atoms with E-state index in [1.165, 1.54) is 12.3 Å². The second kappa shape index (κ2) is 11.6. The lowest BCUT2D eigenvalue weighted by Gasteiger charge is -2.55. The number of hydrogen-bond acceptors (Lipinski definition) is 6. The van der Waals surface area contributed by atoms with Crippen molar-refractivity contribution in [2.24, 2.45) is 5.41 Å². The van der Waals surface area contributed by atoms with Crippen molar-refractivity contribution in [3.05, 3.63) is 76.6 Å². The molecule has 0 radical (unpaired) electrons. The van der Waals surface area contributed by atoms with E-state index in [-0.39, 0.29) is 35.8 Å². The van der Waals surface area contributed by atoms with Crippen molar-refractivity contribution >= 4 is 23.2 Å². The number of Topliss-reactive ketones (excluding diaryl/α,β-unsaturated/α-hetero) is 2. The van der Waals surface area contributed by atoms with Crippen LogP contribution in [-0.2, 0) is 10.2 Å². The maximum atomic E-state index is 14.3. The highest BCUT2D eigenvalue weighted by Crippen LogP contribution is 2.44. The topological polar surface area (TPSA) is 88.3 Å². The molecule has 7 nitrogen and oxygen atoms in total. The Bertz CT molecular complexity index is 1470. The fourth-order valence-electron chi connectivity index (χ4n) is 6.54. The van der Waals surface area contributed by atoms with Gasteiger partial charge in [-0.05, 0) is 67.9 Å². The first kappa shape index (κ1) is 30.4. The van der Waals surface area contributed by atoms with Gasteiger partial charge in [-0.3, -0.25) is 14.5 Å². The quantitative estimate of drug-likeness (QED) is 0.284. The van der Waals surface area contributed by atoms with Gasteiger partial charge >= 0.3 is 0 Å². The lowest BCUT2D eigenvalue weighted by Crippen LogP contribution is -2.62. The number of carbonyl (C=O) groups is 2. The van der Waals surface area contributed by atoms with E-state index >= 15 is 0 Å². The second-order valence-electron chi connectivity index (χ2n) is 13.2. The normalized spacial score (nSPS) is 22.5. The molecule has 1 N–H and O–H groups in total. The molecule has 2 fully saturated rings. The van der Waals surface area contributed by atoms with Crippen molar-refractivity contribution in [2.75, 3.05) is 13.1 Å². The van der Waals surface area contributed by atoms with Crippen LogP contribution in [-0.4, -0.2) is 61.3 Å². The fraction of sp³-hybridized carbons (Fsp3) is 0.500. The Hall–Kier alpha value is -3.01. The Balaban J connectivity index is 1.31. The minimum absolute atomic E-state index is 0.0147. The van der Waals surface area contributed by atoms with Gasteiger partial charge in [0.05, 0.1) is 11.8 Å². The smallest absolute Gasteiger partial charge is 0.185 e. The molecule has 0 spiro atoms. The molecule has 2 aromatic carbocycles. The van der Waals surface area contributed by atoms with Crippen LogP contribution in [0.25, 0.3) is 5.69 Å².